The zero-order chi connectivity index (χ0) is 19.1. The van der Waals surface area contributed by atoms with Crippen LogP contribution in [0.5, 0.6) is 0 Å². The fourth-order valence-electron chi connectivity index (χ4n) is 3.32. The Labute approximate surface area is 159 Å². The highest BCUT2D eigenvalue weighted by atomic mass is 19.1. The van der Waals surface area contributed by atoms with Crippen molar-refractivity contribution in [2.45, 2.75) is 38.5 Å². The molecule has 0 atom stereocenters. The topological polar surface area (TPSA) is 49.4 Å². The van der Waals surface area contributed by atoms with Gasteiger partial charge >= 0.3 is 0 Å². The summed E-state index contributed by atoms with van der Waals surface area (Å²) < 4.78 is 12.9. The Morgan fingerprint density at radius 1 is 0.852 bits per heavy atom. The normalized spacial score (nSPS) is 14.5. The Morgan fingerprint density at radius 2 is 1.48 bits per heavy atom. The number of ketones is 1. The van der Waals surface area contributed by atoms with Crippen molar-refractivity contribution in [2.75, 3.05) is 23.3 Å². The Balaban J connectivity index is 1.48. The van der Waals surface area contributed by atoms with Crippen LogP contribution >= 0.6 is 0 Å². The van der Waals surface area contributed by atoms with Gasteiger partial charge in [0.2, 0.25) is 5.91 Å². The number of nitrogens with zero attached hydrogens (tertiary/aromatic N) is 1. The molecule has 0 spiro atoms. The summed E-state index contributed by atoms with van der Waals surface area (Å²) in [5.41, 5.74) is 2.33. The third-order valence-corrected chi connectivity index (χ3v) is 4.87. The number of benzene rings is 2. The number of hydrogen-bond donors (Lipinski definition) is 1. The van der Waals surface area contributed by atoms with E-state index in [9.17, 15) is 14.0 Å². The second kappa shape index (κ2) is 9.31. The monoisotopic (exact) mass is 368 g/mol. The lowest BCUT2D eigenvalue weighted by Gasteiger charge is -2.22. The maximum Gasteiger partial charge on any atom is 0.224 e. The van der Waals surface area contributed by atoms with Crippen molar-refractivity contribution in [3.63, 3.8) is 0 Å². The second-order valence-corrected chi connectivity index (χ2v) is 6.93. The van der Waals surface area contributed by atoms with Crippen LogP contribution in [0.4, 0.5) is 15.8 Å². The molecule has 1 aliphatic rings. The molecule has 5 heteroatoms. The number of nitrogens with one attached hydrogen (secondary N) is 1. The molecular formula is C22H25FN2O2. The van der Waals surface area contributed by atoms with Crippen LogP contribution in [0.15, 0.2) is 48.5 Å². The van der Waals surface area contributed by atoms with Gasteiger partial charge in [-0.15, -0.1) is 0 Å². The zero-order valence-corrected chi connectivity index (χ0v) is 15.4. The number of Topliss-reactive ketones (excluding diaryl/α,β-unsaturated/α-hetero) is 1. The van der Waals surface area contributed by atoms with Crippen LogP contribution in [0.1, 0.15) is 48.9 Å². The molecule has 0 bridgehead atoms. The van der Waals surface area contributed by atoms with Gasteiger partial charge in [0.1, 0.15) is 5.82 Å². The lowest BCUT2D eigenvalue weighted by atomic mass is 10.1. The highest BCUT2D eigenvalue weighted by molar-refractivity contribution is 6.00. The maximum atomic E-state index is 12.9. The molecule has 1 saturated heterocycles. The molecular weight excluding hydrogens is 343 g/mol. The van der Waals surface area contributed by atoms with Crippen molar-refractivity contribution in [1.82, 2.24) is 0 Å². The number of hydrogen-bond acceptors (Lipinski definition) is 3. The fraction of sp³-hybridized carbons (Fsp3) is 0.364. The number of carbonyl (C=O) groups is 2. The van der Waals surface area contributed by atoms with Crippen molar-refractivity contribution in [2.24, 2.45) is 0 Å². The predicted octanol–water partition coefficient (Wildman–Crippen LogP) is 4.81. The highest BCUT2D eigenvalue weighted by Crippen LogP contribution is 2.21. The first-order chi connectivity index (χ1) is 13.1. The van der Waals surface area contributed by atoms with E-state index < -0.39 is 0 Å². The van der Waals surface area contributed by atoms with E-state index in [1.54, 1.807) is 0 Å². The summed E-state index contributed by atoms with van der Waals surface area (Å²) in [5.74, 6) is -0.748. The number of carbonyl (C=O) groups excluding carboxylic acids is 2. The molecule has 3 rings (SSSR count). The van der Waals surface area contributed by atoms with Crippen LogP contribution < -0.4 is 10.2 Å². The average molecular weight is 368 g/mol. The minimum Gasteiger partial charge on any atom is -0.372 e. The molecule has 0 radical (unpaired) electrons. The Bertz CT molecular complexity index is 764. The minimum absolute atomic E-state index is 0.101. The molecule has 0 aromatic heterocycles. The van der Waals surface area contributed by atoms with Crippen LogP contribution in [0, 0.1) is 5.82 Å². The molecule has 1 heterocycles. The molecule has 142 valence electrons. The molecule has 1 fully saturated rings. The lowest BCUT2D eigenvalue weighted by Crippen LogP contribution is -2.23. The SMILES string of the molecule is O=C(CCC(=O)c1ccc(F)cc1)Nc1ccc(N2CCCCCC2)cc1. The van der Waals surface area contributed by atoms with Crippen molar-refractivity contribution < 1.29 is 14.0 Å². The lowest BCUT2D eigenvalue weighted by molar-refractivity contribution is -0.116. The van der Waals surface area contributed by atoms with E-state index >= 15 is 0 Å². The van der Waals surface area contributed by atoms with Gasteiger partial charge in [0.15, 0.2) is 5.78 Å². The summed E-state index contributed by atoms with van der Waals surface area (Å²) in [6.07, 6.45) is 5.23. The molecule has 0 aliphatic carbocycles. The molecule has 0 saturated carbocycles. The molecule has 1 amide bonds. The van der Waals surface area contributed by atoms with E-state index in [0.717, 1.165) is 18.8 Å². The van der Waals surface area contributed by atoms with Gasteiger partial charge in [0.25, 0.3) is 0 Å². The molecule has 0 unspecified atom stereocenters. The standard InChI is InChI=1S/C22H25FN2O2/c23-18-7-5-17(6-8-18)21(26)13-14-22(27)24-19-9-11-20(12-10-19)25-15-3-1-2-4-16-25/h5-12H,1-4,13-16H2,(H,24,27). The van der Waals surface area contributed by atoms with Crippen LogP contribution in [-0.4, -0.2) is 24.8 Å². The van der Waals surface area contributed by atoms with Crippen LogP contribution in [-0.2, 0) is 4.79 Å². The number of halogens is 1. The fourth-order valence-corrected chi connectivity index (χ4v) is 3.32. The van der Waals surface area contributed by atoms with E-state index in [1.807, 2.05) is 24.3 Å². The summed E-state index contributed by atoms with van der Waals surface area (Å²) in [6.45, 7) is 2.16. The van der Waals surface area contributed by atoms with Crippen LogP contribution in [0.3, 0.4) is 0 Å². The predicted molar refractivity (Wildman–Crippen MR) is 106 cm³/mol. The Hall–Kier alpha value is -2.69. The van der Waals surface area contributed by atoms with Gasteiger partial charge in [-0.2, -0.15) is 0 Å². The summed E-state index contributed by atoms with van der Waals surface area (Å²) in [4.78, 5) is 26.5. The number of anilines is 2. The van der Waals surface area contributed by atoms with Gasteiger partial charge in [-0.25, -0.2) is 4.39 Å². The highest BCUT2D eigenvalue weighted by Gasteiger charge is 2.12. The first-order valence-electron chi connectivity index (χ1n) is 9.55. The first kappa shape index (κ1) is 19.1. The van der Waals surface area contributed by atoms with Gasteiger partial charge in [-0.3, -0.25) is 9.59 Å². The van der Waals surface area contributed by atoms with Gasteiger partial charge in [-0.05, 0) is 61.4 Å². The van der Waals surface area contributed by atoms with Crippen LogP contribution in [0.2, 0.25) is 0 Å². The molecule has 27 heavy (non-hydrogen) atoms. The van der Waals surface area contributed by atoms with Gasteiger partial charge in [0.05, 0.1) is 0 Å². The van der Waals surface area contributed by atoms with E-state index in [4.69, 9.17) is 0 Å². The van der Waals surface area contributed by atoms with Gasteiger partial charge < -0.3 is 10.2 Å². The average Bonchev–Trinajstić information content (AvgIpc) is 2.97. The Kier molecular flexibility index (Phi) is 6.58. The molecule has 1 N–H and O–H groups in total. The summed E-state index contributed by atoms with van der Waals surface area (Å²) in [7, 11) is 0. The number of rotatable bonds is 6. The minimum atomic E-state index is -0.382. The third kappa shape index (κ3) is 5.64. The molecule has 1 aliphatic heterocycles. The quantitative estimate of drug-likeness (QED) is 0.745. The molecule has 2 aromatic rings. The molecule has 4 nitrogen and oxygen atoms in total. The van der Waals surface area contributed by atoms with Crippen molar-refractivity contribution >= 4 is 23.1 Å². The summed E-state index contributed by atoms with van der Waals surface area (Å²) in [6, 6.07) is 13.3. The van der Waals surface area contributed by atoms with E-state index in [2.05, 4.69) is 10.2 Å². The van der Waals surface area contributed by atoms with Gasteiger partial charge in [-0.1, -0.05) is 12.8 Å². The molecule has 2 aromatic carbocycles. The van der Waals surface area contributed by atoms with Crippen molar-refractivity contribution in [3.05, 3.63) is 59.9 Å². The van der Waals surface area contributed by atoms with Crippen LogP contribution in [0.25, 0.3) is 0 Å². The summed E-state index contributed by atoms with van der Waals surface area (Å²) >= 11 is 0. The van der Waals surface area contributed by atoms with Crippen molar-refractivity contribution in [3.8, 4) is 0 Å². The maximum absolute atomic E-state index is 12.9. The van der Waals surface area contributed by atoms with E-state index in [0.29, 0.717) is 5.56 Å². The van der Waals surface area contributed by atoms with E-state index in [1.165, 1.54) is 55.6 Å². The zero-order valence-electron chi connectivity index (χ0n) is 15.4. The van der Waals surface area contributed by atoms with Gasteiger partial charge in [0, 0.05) is 42.9 Å². The Morgan fingerprint density at radius 3 is 2.11 bits per heavy atom. The number of amides is 1. The largest absolute Gasteiger partial charge is 0.372 e. The van der Waals surface area contributed by atoms with E-state index in [-0.39, 0.29) is 30.3 Å². The smallest absolute Gasteiger partial charge is 0.224 e. The second-order valence-electron chi connectivity index (χ2n) is 6.93. The summed E-state index contributed by atoms with van der Waals surface area (Å²) in [5, 5.41) is 2.83. The third-order valence-electron chi connectivity index (χ3n) is 4.87. The first-order valence-corrected chi connectivity index (χ1v) is 9.55. The van der Waals surface area contributed by atoms with Crippen molar-refractivity contribution in [1.29, 1.82) is 0 Å².